The highest BCUT2D eigenvalue weighted by Gasteiger charge is 2.32. The third-order valence-electron chi connectivity index (χ3n) is 7.01. The second-order valence-electron chi connectivity index (χ2n) is 10.2. The van der Waals surface area contributed by atoms with Crippen molar-refractivity contribution in [2.45, 2.75) is 32.4 Å². The molecule has 10 nitrogen and oxygen atoms in total. The summed E-state index contributed by atoms with van der Waals surface area (Å²) < 4.78 is 19.7. The standard InChI is InChI=1S/C30H34FN5O5/c1-19-16-36(20(2)18-37)28(38)15-22-14-25(33-29(39)21-10-12-32-13-11-21)8-9-26(22)41-27(19)17-35(3)30(40)34-24-6-4-23(31)5-7-24/h4-14,19-20,27,37H,15-18H2,1-3H3,(H,33,39)(H,34,40)/t19-,20+,27+/m1/s1. The molecule has 0 fully saturated rings. The number of benzene rings is 2. The van der Waals surface area contributed by atoms with Crippen molar-refractivity contribution in [3.05, 3.63) is 83.9 Å². The average Bonchev–Trinajstić information content (AvgIpc) is 3.01. The fourth-order valence-corrected chi connectivity index (χ4v) is 4.54. The van der Waals surface area contributed by atoms with Gasteiger partial charge in [-0.2, -0.15) is 0 Å². The minimum Gasteiger partial charge on any atom is -0.488 e. The normalized spacial score (nSPS) is 17.7. The number of rotatable bonds is 7. The third-order valence-corrected chi connectivity index (χ3v) is 7.01. The van der Waals surface area contributed by atoms with Crippen molar-refractivity contribution in [3.8, 4) is 5.75 Å². The van der Waals surface area contributed by atoms with Gasteiger partial charge >= 0.3 is 6.03 Å². The molecule has 0 bridgehead atoms. The Labute approximate surface area is 238 Å². The van der Waals surface area contributed by atoms with E-state index in [1.54, 1.807) is 49.2 Å². The summed E-state index contributed by atoms with van der Waals surface area (Å²) in [6.45, 7) is 3.97. The number of carbonyl (C=O) groups is 3. The Morgan fingerprint density at radius 3 is 2.49 bits per heavy atom. The number of hydrogen-bond acceptors (Lipinski definition) is 6. The van der Waals surface area contributed by atoms with Crippen LogP contribution < -0.4 is 15.4 Å². The quantitative estimate of drug-likeness (QED) is 0.402. The fourth-order valence-electron chi connectivity index (χ4n) is 4.54. The molecule has 1 aromatic heterocycles. The Kier molecular flexibility index (Phi) is 9.51. The molecule has 41 heavy (non-hydrogen) atoms. The lowest BCUT2D eigenvalue weighted by Gasteiger charge is -2.34. The number of halogens is 1. The van der Waals surface area contributed by atoms with Gasteiger partial charge < -0.3 is 30.3 Å². The lowest BCUT2D eigenvalue weighted by atomic mass is 10.0. The summed E-state index contributed by atoms with van der Waals surface area (Å²) >= 11 is 0. The molecule has 0 radical (unpaired) electrons. The molecule has 4 rings (SSSR count). The number of pyridine rings is 1. The van der Waals surface area contributed by atoms with Crippen LogP contribution in [0.15, 0.2) is 67.0 Å². The molecule has 3 N–H and O–H groups in total. The molecule has 1 aliphatic rings. The first-order valence-electron chi connectivity index (χ1n) is 13.3. The van der Waals surface area contributed by atoms with Gasteiger partial charge in [-0.05, 0) is 61.5 Å². The summed E-state index contributed by atoms with van der Waals surface area (Å²) in [6, 6.07) is 12.9. The molecule has 0 unspecified atom stereocenters. The Bertz CT molecular complexity index is 1370. The van der Waals surface area contributed by atoms with E-state index in [2.05, 4.69) is 15.6 Å². The number of nitrogens with one attached hydrogen (secondary N) is 2. The first kappa shape index (κ1) is 29.5. The summed E-state index contributed by atoms with van der Waals surface area (Å²) in [5, 5.41) is 15.4. The largest absolute Gasteiger partial charge is 0.488 e. The van der Waals surface area contributed by atoms with Crippen LogP contribution in [0.5, 0.6) is 5.75 Å². The highest BCUT2D eigenvalue weighted by Crippen LogP contribution is 2.29. The van der Waals surface area contributed by atoms with Crippen molar-refractivity contribution in [2.24, 2.45) is 5.92 Å². The van der Waals surface area contributed by atoms with Gasteiger partial charge in [-0.3, -0.25) is 14.6 Å². The molecule has 0 saturated heterocycles. The molecule has 11 heteroatoms. The van der Waals surface area contributed by atoms with Crippen molar-refractivity contribution in [2.75, 3.05) is 37.4 Å². The molecule has 0 aliphatic carbocycles. The molecule has 2 aromatic carbocycles. The van der Waals surface area contributed by atoms with E-state index >= 15 is 0 Å². The van der Waals surface area contributed by atoms with Crippen LogP contribution in [0.2, 0.25) is 0 Å². The first-order valence-corrected chi connectivity index (χ1v) is 13.3. The van der Waals surface area contributed by atoms with E-state index in [9.17, 15) is 23.9 Å². The van der Waals surface area contributed by atoms with Crippen LogP contribution in [0.4, 0.5) is 20.6 Å². The highest BCUT2D eigenvalue weighted by molar-refractivity contribution is 6.04. The summed E-state index contributed by atoms with van der Waals surface area (Å²) in [7, 11) is 1.62. The van der Waals surface area contributed by atoms with Crippen molar-refractivity contribution >= 4 is 29.2 Å². The van der Waals surface area contributed by atoms with Gasteiger partial charge in [0.25, 0.3) is 5.91 Å². The van der Waals surface area contributed by atoms with Gasteiger partial charge in [0.05, 0.1) is 25.6 Å². The summed E-state index contributed by atoms with van der Waals surface area (Å²) in [5.74, 6) is -0.671. The Morgan fingerprint density at radius 1 is 1.12 bits per heavy atom. The van der Waals surface area contributed by atoms with Crippen LogP contribution >= 0.6 is 0 Å². The topological polar surface area (TPSA) is 124 Å². The maximum Gasteiger partial charge on any atom is 0.321 e. The number of nitrogens with zero attached hydrogens (tertiary/aromatic N) is 3. The van der Waals surface area contributed by atoms with Gasteiger partial charge in [-0.1, -0.05) is 6.92 Å². The number of fused-ring (bicyclic) bond motifs is 1. The summed E-state index contributed by atoms with van der Waals surface area (Å²) in [4.78, 5) is 46.0. The number of aromatic nitrogens is 1. The molecule has 3 aromatic rings. The van der Waals surface area contributed by atoms with Crippen molar-refractivity contribution in [1.29, 1.82) is 0 Å². The van der Waals surface area contributed by atoms with Crippen molar-refractivity contribution in [3.63, 3.8) is 0 Å². The van der Waals surface area contributed by atoms with Gasteiger partial charge in [0.15, 0.2) is 0 Å². The minimum absolute atomic E-state index is 0.00102. The van der Waals surface area contributed by atoms with E-state index in [0.717, 1.165) is 0 Å². The monoisotopic (exact) mass is 563 g/mol. The van der Waals surface area contributed by atoms with E-state index in [-0.39, 0.29) is 37.3 Å². The van der Waals surface area contributed by atoms with E-state index in [1.165, 1.54) is 41.6 Å². The number of likely N-dealkylation sites (N-methyl/N-ethyl adjacent to an activating group) is 1. The molecule has 0 spiro atoms. The number of amides is 4. The van der Waals surface area contributed by atoms with E-state index in [4.69, 9.17) is 4.74 Å². The molecule has 3 atom stereocenters. The Morgan fingerprint density at radius 2 is 1.80 bits per heavy atom. The Hall–Kier alpha value is -4.51. The number of anilines is 2. The number of aliphatic hydroxyl groups is 1. The zero-order valence-corrected chi connectivity index (χ0v) is 23.2. The van der Waals surface area contributed by atoms with Crippen LogP contribution in [0, 0.1) is 11.7 Å². The molecule has 0 saturated carbocycles. The van der Waals surface area contributed by atoms with Crippen molar-refractivity contribution < 1.29 is 28.6 Å². The number of carbonyl (C=O) groups excluding carboxylic acids is 3. The van der Waals surface area contributed by atoms with Gasteiger partial charge in [-0.25, -0.2) is 9.18 Å². The molecule has 1 aliphatic heterocycles. The van der Waals surface area contributed by atoms with Crippen LogP contribution in [0.25, 0.3) is 0 Å². The van der Waals surface area contributed by atoms with Gasteiger partial charge in [0.1, 0.15) is 17.7 Å². The lowest BCUT2D eigenvalue weighted by molar-refractivity contribution is -0.134. The van der Waals surface area contributed by atoms with E-state index in [1.807, 2.05) is 6.92 Å². The summed E-state index contributed by atoms with van der Waals surface area (Å²) in [6.07, 6.45) is 2.54. The predicted octanol–water partition coefficient (Wildman–Crippen LogP) is 3.79. The zero-order valence-electron chi connectivity index (χ0n) is 23.2. The van der Waals surface area contributed by atoms with Crippen LogP contribution in [0.1, 0.15) is 29.8 Å². The molecule has 216 valence electrons. The van der Waals surface area contributed by atoms with Crippen LogP contribution in [0.3, 0.4) is 0 Å². The van der Waals surface area contributed by atoms with Crippen molar-refractivity contribution in [1.82, 2.24) is 14.8 Å². The molecule has 4 amide bonds. The predicted molar refractivity (Wildman–Crippen MR) is 152 cm³/mol. The van der Waals surface area contributed by atoms with Gasteiger partial charge in [0.2, 0.25) is 5.91 Å². The van der Waals surface area contributed by atoms with Gasteiger partial charge in [-0.15, -0.1) is 0 Å². The van der Waals surface area contributed by atoms with E-state index in [0.29, 0.717) is 34.8 Å². The lowest BCUT2D eigenvalue weighted by Crippen LogP contribution is -2.48. The number of urea groups is 1. The van der Waals surface area contributed by atoms with Gasteiger partial charge in [0, 0.05) is 54.4 Å². The second kappa shape index (κ2) is 13.2. The summed E-state index contributed by atoms with van der Waals surface area (Å²) in [5.41, 5.74) is 1.94. The fraction of sp³-hybridized carbons (Fsp3) is 0.333. The molecule has 2 heterocycles. The molecular weight excluding hydrogens is 529 g/mol. The molecular formula is C30H34FN5O5. The third kappa shape index (κ3) is 7.57. The SMILES string of the molecule is C[C@@H]1CN([C@@H](C)CO)C(=O)Cc2cc(NC(=O)c3ccncc3)ccc2O[C@H]1CN(C)C(=O)Nc1ccc(F)cc1. The first-order chi connectivity index (χ1) is 19.6. The highest BCUT2D eigenvalue weighted by atomic mass is 19.1. The number of hydrogen-bond donors (Lipinski definition) is 3. The minimum atomic E-state index is -0.519. The average molecular weight is 564 g/mol. The second-order valence-corrected chi connectivity index (χ2v) is 10.2. The zero-order chi connectivity index (χ0) is 29.5. The maximum atomic E-state index is 13.4. The number of ether oxygens (including phenoxy) is 1. The smallest absolute Gasteiger partial charge is 0.321 e. The maximum absolute atomic E-state index is 13.4. The Balaban J connectivity index is 1.58. The van der Waals surface area contributed by atoms with E-state index < -0.39 is 24.0 Å². The number of aliphatic hydroxyl groups excluding tert-OH is 1. The van der Waals surface area contributed by atoms with Crippen LogP contribution in [-0.2, 0) is 11.2 Å². The van der Waals surface area contributed by atoms with Crippen LogP contribution in [-0.4, -0.2) is 76.6 Å².